The molecule has 0 fully saturated rings. The van der Waals surface area contributed by atoms with Crippen LogP contribution in [0.15, 0.2) is 18.2 Å². The number of carbonyl (C=O) groups excluding carboxylic acids is 2. The molecule has 0 saturated carbocycles. The van der Waals surface area contributed by atoms with Crippen LogP contribution in [0.1, 0.15) is 10.4 Å². The van der Waals surface area contributed by atoms with Crippen molar-refractivity contribution in [1.82, 2.24) is 0 Å². The number of nitro groups is 1. The second-order valence-corrected chi connectivity index (χ2v) is 4.10. The average Bonchev–Trinajstić information content (AvgIpc) is 2.68. The van der Waals surface area contributed by atoms with Gasteiger partial charge in [0.05, 0.1) is 22.7 Å². The summed E-state index contributed by atoms with van der Waals surface area (Å²) in [6.07, 6.45) is -0.687. The van der Waals surface area contributed by atoms with Crippen molar-refractivity contribution in [1.29, 1.82) is 0 Å². The maximum atomic E-state index is 11.9. The highest BCUT2D eigenvalue weighted by Gasteiger charge is 2.38. The Labute approximate surface area is 114 Å². The van der Waals surface area contributed by atoms with Crippen molar-refractivity contribution in [3.63, 3.8) is 0 Å². The molecule has 1 amide bonds. The van der Waals surface area contributed by atoms with Gasteiger partial charge in [0.2, 0.25) is 0 Å². The van der Waals surface area contributed by atoms with Gasteiger partial charge in [0.25, 0.3) is 17.4 Å². The van der Waals surface area contributed by atoms with Crippen molar-refractivity contribution in [3.8, 4) is 0 Å². The third-order valence-corrected chi connectivity index (χ3v) is 3.02. The first-order chi connectivity index (χ1) is 9.49. The van der Waals surface area contributed by atoms with Crippen LogP contribution in [0, 0.1) is 10.1 Å². The number of Topliss-reactive ketones (excluding diaryl/α,β-unsaturated/α-hetero) is 1. The minimum absolute atomic E-state index is 0.0233. The van der Waals surface area contributed by atoms with Crippen molar-refractivity contribution in [2.24, 2.45) is 0 Å². The number of benzene rings is 1. The van der Waals surface area contributed by atoms with E-state index in [1.54, 1.807) is 0 Å². The van der Waals surface area contributed by atoms with E-state index in [2.05, 4.69) is 0 Å². The average molecular weight is 280 g/mol. The summed E-state index contributed by atoms with van der Waals surface area (Å²) in [4.78, 5) is 35.0. The van der Waals surface area contributed by atoms with E-state index in [4.69, 9.17) is 9.47 Å². The molecule has 0 aliphatic carbocycles. The van der Waals surface area contributed by atoms with Crippen LogP contribution in [-0.4, -0.2) is 43.7 Å². The molecule has 0 atom stereocenters. The molecule has 0 aromatic heterocycles. The monoisotopic (exact) mass is 280 g/mol. The van der Waals surface area contributed by atoms with E-state index in [0.29, 0.717) is 5.69 Å². The topological polar surface area (TPSA) is 99.0 Å². The van der Waals surface area contributed by atoms with Gasteiger partial charge in [0.15, 0.2) is 6.29 Å². The molecule has 1 aliphatic rings. The van der Waals surface area contributed by atoms with E-state index in [1.165, 1.54) is 31.3 Å². The predicted molar refractivity (Wildman–Crippen MR) is 67.6 cm³/mol. The van der Waals surface area contributed by atoms with E-state index in [-0.39, 0.29) is 17.8 Å². The summed E-state index contributed by atoms with van der Waals surface area (Å²) < 4.78 is 9.97. The lowest BCUT2D eigenvalue weighted by Crippen LogP contribution is -2.38. The number of fused-ring (bicyclic) bond motifs is 1. The number of hydrogen-bond acceptors (Lipinski definition) is 6. The highest BCUT2D eigenvalue weighted by molar-refractivity contribution is 6.52. The molecule has 1 aromatic rings. The van der Waals surface area contributed by atoms with E-state index in [1.807, 2.05) is 0 Å². The minimum atomic E-state index is -0.769. The number of rotatable bonds is 5. The summed E-state index contributed by atoms with van der Waals surface area (Å²) in [6, 6.07) is 3.72. The molecule has 2 rings (SSSR count). The maximum absolute atomic E-state index is 11.9. The standard InChI is InChI=1S/C12H12N2O6/c1-19-10(20-2)6-13-9-4-3-7(14(17)18)5-8(9)11(15)12(13)16/h3-5,10H,6H2,1-2H3. The van der Waals surface area contributed by atoms with Gasteiger partial charge in [0, 0.05) is 26.4 Å². The van der Waals surface area contributed by atoms with Gasteiger partial charge in [-0.15, -0.1) is 0 Å². The highest BCUT2D eigenvalue weighted by Crippen LogP contribution is 2.32. The van der Waals surface area contributed by atoms with Gasteiger partial charge in [-0.2, -0.15) is 0 Å². The summed E-state index contributed by atoms with van der Waals surface area (Å²) in [6.45, 7) is 0.0301. The normalized spacial score (nSPS) is 14.1. The summed E-state index contributed by atoms with van der Waals surface area (Å²) in [5.41, 5.74) is 0.113. The largest absolute Gasteiger partial charge is 0.354 e. The minimum Gasteiger partial charge on any atom is -0.354 e. The Balaban J connectivity index is 2.38. The highest BCUT2D eigenvalue weighted by atomic mass is 16.7. The Hall–Kier alpha value is -2.32. The second-order valence-electron chi connectivity index (χ2n) is 4.10. The van der Waals surface area contributed by atoms with Crippen LogP contribution < -0.4 is 4.90 Å². The van der Waals surface area contributed by atoms with E-state index in [0.717, 1.165) is 6.07 Å². The molecule has 0 N–H and O–H groups in total. The summed E-state index contributed by atoms with van der Waals surface area (Å²) in [7, 11) is 2.82. The van der Waals surface area contributed by atoms with Crippen LogP contribution in [0.25, 0.3) is 0 Å². The lowest BCUT2D eigenvalue weighted by molar-refractivity contribution is -0.384. The fourth-order valence-corrected chi connectivity index (χ4v) is 1.98. The molecule has 20 heavy (non-hydrogen) atoms. The maximum Gasteiger partial charge on any atom is 0.299 e. The van der Waals surface area contributed by atoms with Crippen molar-refractivity contribution in [3.05, 3.63) is 33.9 Å². The van der Waals surface area contributed by atoms with Gasteiger partial charge in [0.1, 0.15) is 0 Å². The van der Waals surface area contributed by atoms with Crippen LogP contribution in [0.2, 0.25) is 0 Å². The van der Waals surface area contributed by atoms with E-state index >= 15 is 0 Å². The Kier molecular flexibility index (Phi) is 3.77. The number of amides is 1. The van der Waals surface area contributed by atoms with Crippen LogP contribution in [0.5, 0.6) is 0 Å². The molecule has 0 saturated heterocycles. The fraction of sp³-hybridized carbons (Fsp3) is 0.333. The van der Waals surface area contributed by atoms with Crippen LogP contribution in [0.4, 0.5) is 11.4 Å². The van der Waals surface area contributed by atoms with Gasteiger partial charge in [-0.05, 0) is 6.07 Å². The number of non-ortho nitro benzene ring substituents is 1. The second kappa shape index (κ2) is 5.35. The number of methoxy groups -OCH3 is 2. The first-order valence-electron chi connectivity index (χ1n) is 5.69. The summed E-state index contributed by atoms with van der Waals surface area (Å²) >= 11 is 0. The molecule has 8 heteroatoms. The Morgan fingerprint density at radius 2 is 1.95 bits per heavy atom. The summed E-state index contributed by atoms with van der Waals surface area (Å²) in [5, 5.41) is 10.7. The number of carbonyl (C=O) groups is 2. The third-order valence-electron chi connectivity index (χ3n) is 3.02. The van der Waals surface area contributed by atoms with Crippen molar-refractivity contribution >= 4 is 23.1 Å². The quantitative estimate of drug-likeness (QED) is 0.341. The number of anilines is 1. The third kappa shape index (κ3) is 2.26. The Morgan fingerprint density at radius 3 is 2.50 bits per heavy atom. The summed E-state index contributed by atoms with van der Waals surface area (Å²) in [5.74, 6) is -1.52. The van der Waals surface area contributed by atoms with Gasteiger partial charge in [-0.1, -0.05) is 0 Å². The molecule has 1 aliphatic heterocycles. The zero-order chi connectivity index (χ0) is 14.9. The van der Waals surface area contributed by atoms with Gasteiger partial charge < -0.3 is 9.47 Å². The molecule has 0 radical (unpaired) electrons. The van der Waals surface area contributed by atoms with Crippen LogP contribution >= 0.6 is 0 Å². The van der Waals surface area contributed by atoms with E-state index < -0.39 is 22.9 Å². The molecule has 106 valence electrons. The van der Waals surface area contributed by atoms with Crippen LogP contribution in [0.3, 0.4) is 0 Å². The van der Waals surface area contributed by atoms with Crippen LogP contribution in [-0.2, 0) is 14.3 Å². The molecule has 1 heterocycles. The van der Waals surface area contributed by atoms with Gasteiger partial charge in [-0.25, -0.2) is 0 Å². The lowest BCUT2D eigenvalue weighted by Gasteiger charge is -2.21. The number of hydrogen-bond donors (Lipinski definition) is 0. The SMILES string of the molecule is COC(CN1C(=O)C(=O)c2cc([N+](=O)[O-])ccc21)OC. The molecule has 8 nitrogen and oxygen atoms in total. The number of ketones is 1. The first kappa shape index (κ1) is 14.1. The first-order valence-corrected chi connectivity index (χ1v) is 5.69. The smallest absolute Gasteiger partial charge is 0.299 e. The zero-order valence-electron chi connectivity index (χ0n) is 10.9. The van der Waals surface area contributed by atoms with Gasteiger partial charge in [-0.3, -0.25) is 24.6 Å². The van der Waals surface area contributed by atoms with Gasteiger partial charge >= 0.3 is 0 Å². The van der Waals surface area contributed by atoms with Crippen molar-refractivity contribution < 1.29 is 24.0 Å². The lowest BCUT2D eigenvalue weighted by atomic mass is 10.1. The molecular weight excluding hydrogens is 268 g/mol. The molecule has 0 spiro atoms. The predicted octanol–water partition coefficient (Wildman–Crippen LogP) is 0.743. The number of nitro benzene ring substituents is 1. The molecular formula is C12H12N2O6. The number of nitrogens with zero attached hydrogens (tertiary/aromatic N) is 2. The molecule has 1 aromatic carbocycles. The Morgan fingerprint density at radius 1 is 1.30 bits per heavy atom. The van der Waals surface area contributed by atoms with Crippen molar-refractivity contribution in [2.75, 3.05) is 25.7 Å². The fourth-order valence-electron chi connectivity index (χ4n) is 1.98. The Bertz CT molecular complexity index is 581. The van der Waals surface area contributed by atoms with E-state index in [9.17, 15) is 19.7 Å². The molecule has 0 bridgehead atoms. The zero-order valence-corrected chi connectivity index (χ0v) is 10.9. The number of ether oxygens (including phenoxy) is 2. The van der Waals surface area contributed by atoms with Crippen molar-refractivity contribution in [2.45, 2.75) is 6.29 Å². The molecule has 0 unspecified atom stereocenters.